The molecule has 0 aliphatic carbocycles. The zero-order chi connectivity index (χ0) is 13.8. The first kappa shape index (κ1) is 14.2. The van der Waals surface area contributed by atoms with E-state index in [1.807, 2.05) is 14.1 Å². The summed E-state index contributed by atoms with van der Waals surface area (Å²) in [6.45, 7) is 2.11. The van der Waals surface area contributed by atoms with Crippen molar-refractivity contribution in [3.05, 3.63) is 5.82 Å². The zero-order valence-corrected chi connectivity index (χ0v) is 12.4. The first-order valence-electron chi connectivity index (χ1n) is 6.39. The Bertz CT molecular complexity index is 435. The van der Waals surface area contributed by atoms with Gasteiger partial charge in [0.25, 0.3) is 0 Å². The van der Waals surface area contributed by atoms with Crippen LogP contribution in [0.5, 0.6) is 0 Å². The van der Waals surface area contributed by atoms with Gasteiger partial charge < -0.3 is 14.5 Å². The van der Waals surface area contributed by atoms with E-state index in [0.29, 0.717) is 12.4 Å². The van der Waals surface area contributed by atoms with Crippen molar-refractivity contribution in [2.24, 2.45) is 5.92 Å². The fourth-order valence-corrected chi connectivity index (χ4v) is 2.99. The average Bonchev–Trinajstić information content (AvgIpc) is 2.87. The first-order chi connectivity index (χ1) is 9.11. The molecule has 0 radical (unpaired) electrons. The SMILES string of the molecule is COCc1nsc(N2CCCC(C(=O)N(C)C)C2)n1. The summed E-state index contributed by atoms with van der Waals surface area (Å²) in [4.78, 5) is 20.3. The molecule has 7 heteroatoms. The molecule has 1 aromatic rings. The van der Waals surface area contributed by atoms with Gasteiger partial charge in [0.2, 0.25) is 11.0 Å². The van der Waals surface area contributed by atoms with Crippen LogP contribution >= 0.6 is 11.5 Å². The number of rotatable bonds is 4. The van der Waals surface area contributed by atoms with E-state index >= 15 is 0 Å². The molecule has 1 aliphatic heterocycles. The van der Waals surface area contributed by atoms with E-state index in [1.54, 1.807) is 12.0 Å². The number of methoxy groups -OCH3 is 1. The topological polar surface area (TPSA) is 58.6 Å². The quantitative estimate of drug-likeness (QED) is 0.825. The summed E-state index contributed by atoms with van der Waals surface area (Å²) in [6.07, 6.45) is 1.97. The van der Waals surface area contributed by atoms with E-state index < -0.39 is 0 Å². The Morgan fingerprint density at radius 2 is 2.37 bits per heavy atom. The summed E-state index contributed by atoms with van der Waals surface area (Å²) < 4.78 is 9.28. The molecule has 2 heterocycles. The molecule has 2 rings (SSSR count). The van der Waals surface area contributed by atoms with Gasteiger partial charge >= 0.3 is 0 Å². The van der Waals surface area contributed by atoms with Gasteiger partial charge in [-0.25, -0.2) is 4.98 Å². The van der Waals surface area contributed by atoms with Crippen molar-refractivity contribution in [3.8, 4) is 0 Å². The highest BCUT2D eigenvalue weighted by atomic mass is 32.1. The Morgan fingerprint density at radius 1 is 1.58 bits per heavy atom. The smallest absolute Gasteiger partial charge is 0.226 e. The predicted molar refractivity (Wildman–Crippen MR) is 74.3 cm³/mol. The second kappa shape index (κ2) is 6.29. The molecule has 106 valence electrons. The van der Waals surface area contributed by atoms with Gasteiger partial charge in [-0.05, 0) is 12.8 Å². The summed E-state index contributed by atoms with van der Waals surface area (Å²) >= 11 is 1.38. The summed E-state index contributed by atoms with van der Waals surface area (Å²) in [5, 5.41) is 0.892. The molecular formula is C12H20N4O2S. The van der Waals surface area contributed by atoms with Gasteiger partial charge in [-0.2, -0.15) is 4.37 Å². The molecular weight excluding hydrogens is 264 g/mol. The van der Waals surface area contributed by atoms with Crippen LogP contribution in [-0.2, 0) is 16.1 Å². The summed E-state index contributed by atoms with van der Waals surface area (Å²) in [5.74, 6) is 0.980. The van der Waals surface area contributed by atoms with E-state index in [0.717, 1.165) is 31.1 Å². The molecule has 1 atom stereocenters. The molecule has 1 unspecified atom stereocenters. The lowest BCUT2D eigenvalue weighted by Crippen LogP contribution is -2.42. The highest BCUT2D eigenvalue weighted by molar-refractivity contribution is 7.09. The van der Waals surface area contributed by atoms with E-state index in [1.165, 1.54) is 11.5 Å². The number of hydrogen-bond donors (Lipinski definition) is 0. The Kier molecular flexibility index (Phi) is 4.71. The minimum absolute atomic E-state index is 0.0681. The van der Waals surface area contributed by atoms with Crippen molar-refractivity contribution in [1.29, 1.82) is 0 Å². The van der Waals surface area contributed by atoms with Gasteiger partial charge in [0.1, 0.15) is 6.61 Å². The number of nitrogens with zero attached hydrogens (tertiary/aromatic N) is 4. The Hall–Kier alpha value is -1.21. The number of anilines is 1. The minimum atomic E-state index is 0.0681. The van der Waals surface area contributed by atoms with Crippen LogP contribution in [0.25, 0.3) is 0 Å². The van der Waals surface area contributed by atoms with Crippen molar-refractivity contribution < 1.29 is 9.53 Å². The standard InChI is InChI=1S/C12H20N4O2S/c1-15(2)11(17)9-5-4-6-16(7-9)12-13-10(8-18-3)14-19-12/h9H,4-8H2,1-3H3. The van der Waals surface area contributed by atoms with E-state index in [2.05, 4.69) is 14.3 Å². The lowest BCUT2D eigenvalue weighted by Gasteiger charge is -2.32. The monoisotopic (exact) mass is 284 g/mol. The van der Waals surface area contributed by atoms with Crippen LogP contribution < -0.4 is 4.90 Å². The zero-order valence-electron chi connectivity index (χ0n) is 11.6. The number of hydrogen-bond acceptors (Lipinski definition) is 6. The minimum Gasteiger partial charge on any atom is -0.377 e. The first-order valence-corrected chi connectivity index (χ1v) is 7.16. The second-order valence-corrected chi connectivity index (χ2v) is 5.67. The molecule has 1 fully saturated rings. The maximum absolute atomic E-state index is 12.0. The number of carbonyl (C=O) groups is 1. The molecule has 1 saturated heterocycles. The normalized spacial score (nSPS) is 19.5. The Morgan fingerprint density at radius 3 is 3.05 bits per heavy atom. The third kappa shape index (κ3) is 3.42. The Labute approximate surface area is 117 Å². The van der Waals surface area contributed by atoms with Gasteiger partial charge in [0.15, 0.2) is 5.82 Å². The van der Waals surface area contributed by atoms with Gasteiger partial charge in [0.05, 0.1) is 5.92 Å². The molecule has 19 heavy (non-hydrogen) atoms. The van der Waals surface area contributed by atoms with Gasteiger partial charge in [-0.1, -0.05) is 0 Å². The molecule has 6 nitrogen and oxygen atoms in total. The summed E-state index contributed by atoms with van der Waals surface area (Å²) in [6, 6.07) is 0. The van der Waals surface area contributed by atoms with Gasteiger partial charge in [0, 0.05) is 45.8 Å². The molecule has 0 saturated carbocycles. The molecule has 0 aromatic carbocycles. The number of piperidine rings is 1. The molecule has 1 amide bonds. The van der Waals surface area contributed by atoms with Crippen molar-refractivity contribution >= 4 is 22.6 Å². The number of ether oxygens (including phenoxy) is 1. The van der Waals surface area contributed by atoms with Crippen LogP contribution in [0.3, 0.4) is 0 Å². The van der Waals surface area contributed by atoms with E-state index in [-0.39, 0.29) is 11.8 Å². The molecule has 1 aromatic heterocycles. The number of carbonyl (C=O) groups excluding carboxylic acids is 1. The summed E-state index contributed by atoms with van der Waals surface area (Å²) in [5.41, 5.74) is 0. The number of amides is 1. The fourth-order valence-electron chi connectivity index (χ4n) is 2.28. The molecule has 1 aliphatic rings. The average molecular weight is 284 g/mol. The number of aromatic nitrogens is 2. The fraction of sp³-hybridized carbons (Fsp3) is 0.750. The molecule has 0 bridgehead atoms. The van der Waals surface area contributed by atoms with Crippen molar-refractivity contribution in [2.45, 2.75) is 19.4 Å². The van der Waals surface area contributed by atoms with Crippen molar-refractivity contribution in [3.63, 3.8) is 0 Å². The van der Waals surface area contributed by atoms with Crippen LogP contribution in [-0.4, -0.2) is 54.5 Å². The Balaban J connectivity index is 2.01. The van der Waals surface area contributed by atoms with Crippen molar-refractivity contribution in [2.75, 3.05) is 39.2 Å². The maximum atomic E-state index is 12.0. The van der Waals surface area contributed by atoms with Crippen LogP contribution in [0.1, 0.15) is 18.7 Å². The lowest BCUT2D eigenvalue weighted by atomic mass is 9.97. The van der Waals surface area contributed by atoms with Crippen molar-refractivity contribution in [1.82, 2.24) is 14.3 Å². The van der Waals surface area contributed by atoms with E-state index in [4.69, 9.17) is 4.74 Å². The van der Waals surface area contributed by atoms with Gasteiger partial charge in [-0.3, -0.25) is 4.79 Å². The lowest BCUT2D eigenvalue weighted by molar-refractivity contribution is -0.133. The predicted octanol–water partition coefficient (Wildman–Crippen LogP) is 0.989. The van der Waals surface area contributed by atoms with Crippen LogP contribution in [0.4, 0.5) is 5.13 Å². The van der Waals surface area contributed by atoms with Gasteiger partial charge in [-0.15, -0.1) is 0 Å². The molecule has 0 N–H and O–H groups in total. The molecule has 0 spiro atoms. The highest BCUT2D eigenvalue weighted by Gasteiger charge is 2.28. The second-order valence-electron chi connectivity index (χ2n) is 4.94. The third-order valence-corrected chi connectivity index (χ3v) is 4.03. The third-order valence-electron chi connectivity index (χ3n) is 3.21. The highest BCUT2D eigenvalue weighted by Crippen LogP contribution is 2.25. The summed E-state index contributed by atoms with van der Waals surface area (Å²) in [7, 11) is 5.25. The largest absolute Gasteiger partial charge is 0.377 e. The van der Waals surface area contributed by atoms with E-state index in [9.17, 15) is 4.79 Å². The van der Waals surface area contributed by atoms with Crippen LogP contribution in [0, 0.1) is 5.92 Å². The maximum Gasteiger partial charge on any atom is 0.226 e. The van der Waals surface area contributed by atoms with Crippen LogP contribution in [0.15, 0.2) is 0 Å². The van der Waals surface area contributed by atoms with Crippen LogP contribution in [0.2, 0.25) is 0 Å².